The number of hydrogen-bond acceptors (Lipinski definition) is 4. The van der Waals surface area contributed by atoms with Crippen molar-refractivity contribution in [3.8, 4) is 0 Å². The Balaban J connectivity index is 1.65. The van der Waals surface area contributed by atoms with Crippen molar-refractivity contribution in [3.63, 3.8) is 0 Å². The highest BCUT2D eigenvalue weighted by Crippen LogP contribution is 2.16. The normalized spacial score (nSPS) is 11.7. The van der Waals surface area contributed by atoms with Crippen molar-refractivity contribution < 1.29 is 0 Å². The SMILES string of the molecule is CCNC(=NCc1nccc2ccccc12)NCCn1cnnc1CC. The first-order valence-corrected chi connectivity index (χ1v) is 9.03. The molecule has 1 aromatic carbocycles. The molecule has 0 amide bonds. The van der Waals surface area contributed by atoms with Gasteiger partial charge in [-0.1, -0.05) is 31.2 Å². The topological polar surface area (TPSA) is 80.0 Å². The first kappa shape index (κ1) is 17.8. The number of nitrogens with zero attached hydrogens (tertiary/aromatic N) is 5. The fourth-order valence-electron chi connectivity index (χ4n) is 2.84. The molecular formula is C19H25N7. The molecule has 3 rings (SSSR count). The molecule has 2 aromatic heterocycles. The summed E-state index contributed by atoms with van der Waals surface area (Å²) in [6.07, 6.45) is 4.48. The van der Waals surface area contributed by atoms with Crippen LogP contribution in [-0.2, 0) is 19.5 Å². The van der Waals surface area contributed by atoms with Gasteiger partial charge in [0, 0.05) is 37.6 Å². The molecule has 7 heteroatoms. The second-order valence-electron chi connectivity index (χ2n) is 5.89. The third kappa shape index (κ3) is 4.36. The monoisotopic (exact) mass is 351 g/mol. The summed E-state index contributed by atoms with van der Waals surface area (Å²) in [6, 6.07) is 10.3. The van der Waals surface area contributed by atoms with Gasteiger partial charge in [-0.25, -0.2) is 4.99 Å². The van der Waals surface area contributed by atoms with Crippen LogP contribution in [0.25, 0.3) is 10.8 Å². The summed E-state index contributed by atoms with van der Waals surface area (Å²) < 4.78 is 2.06. The van der Waals surface area contributed by atoms with Crippen molar-refractivity contribution in [2.45, 2.75) is 33.4 Å². The molecule has 0 spiro atoms. The Bertz CT molecular complexity index is 864. The number of aryl methyl sites for hydroxylation is 1. The second kappa shape index (κ2) is 8.94. The van der Waals surface area contributed by atoms with Gasteiger partial charge in [0.15, 0.2) is 5.96 Å². The van der Waals surface area contributed by atoms with E-state index < -0.39 is 0 Å². The van der Waals surface area contributed by atoms with Crippen LogP contribution < -0.4 is 10.6 Å². The lowest BCUT2D eigenvalue weighted by molar-refractivity contribution is 0.632. The largest absolute Gasteiger partial charge is 0.357 e. The molecule has 0 atom stereocenters. The molecule has 0 aliphatic heterocycles. The van der Waals surface area contributed by atoms with Gasteiger partial charge < -0.3 is 15.2 Å². The highest BCUT2D eigenvalue weighted by molar-refractivity contribution is 5.85. The van der Waals surface area contributed by atoms with E-state index >= 15 is 0 Å². The summed E-state index contributed by atoms with van der Waals surface area (Å²) in [5.74, 6) is 1.78. The highest BCUT2D eigenvalue weighted by atomic mass is 15.3. The van der Waals surface area contributed by atoms with E-state index in [1.807, 2.05) is 24.4 Å². The highest BCUT2D eigenvalue weighted by Gasteiger charge is 2.04. The molecule has 26 heavy (non-hydrogen) atoms. The van der Waals surface area contributed by atoms with Crippen molar-refractivity contribution in [1.29, 1.82) is 0 Å². The van der Waals surface area contributed by atoms with E-state index in [0.717, 1.165) is 48.9 Å². The Hall–Kier alpha value is -2.96. The summed E-state index contributed by atoms with van der Waals surface area (Å²) in [4.78, 5) is 9.19. The molecule has 136 valence electrons. The number of benzene rings is 1. The predicted octanol–water partition coefficient (Wildman–Crippen LogP) is 2.14. The average Bonchev–Trinajstić information content (AvgIpc) is 3.13. The Labute approximate surface area is 153 Å². The number of aromatic nitrogens is 4. The van der Waals surface area contributed by atoms with Gasteiger partial charge in [-0.3, -0.25) is 4.98 Å². The van der Waals surface area contributed by atoms with Gasteiger partial charge in [0.1, 0.15) is 12.2 Å². The number of guanidine groups is 1. The van der Waals surface area contributed by atoms with Crippen LogP contribution in [0.4, 0.5) is 0 Å². The minimum atomic E-state index is 0.531. The average molecular weight is 351 g/mol. The lowest BCUT2D eigenvalue weighted by atomic mass is 10.1. The van der Waals surface area contributed by atoms with Gasteiger partial charge in [-0.2, -0.15) is 0 Å². The number of rotatable bonds is 7. The molecule has 0 unspecified atom stereocenters. The van der Waals surface area contributed by atoms with Crippen molar-refractivity contribution in [1.82, 2.24) is 30.4 Å². The van der Waals surface area contributed by atoms with Gasteiger partial charge in [0.25, 0.3) is 0 Å². The van der Waals surface area contributed by atoms with Gasteiger partial charge in [0.05, 0.1) is 12.2 Å². The van der Waals surface area contributed by atoms with Gasteiger partial charge >= 0.3 is 0 Å². The summed E-state index contributed by atoms with van der Waals surface area (Å²) in [6.45, 7) is 7.02. The van der Waals surface area contributed by atoms with E-state index in [2.05, 4.69) is 61.4 Å². The second-order valence-corrected chi connectivity index (χ2v) is 5.89. The molecule has 0 saturated carbocycles. The van der Waals surface area contributed by atoms with Gasteiger partial charge in [-0.15, -0.1) is 10.2 Å². The van der Waals surface area contributed by atoms with Crippen LogP contribution in [0.3, 0.4) is 0 Å². The summed E-state index contributed by atoms with van der Waals surface area (Å²) in [5, 5.41) is 17.0. The van der Waals surface area contributed by atoms with Crippen LogP contribution in [0.2, 0.25) is 0 Å². The lowest BCUT2D eigenvalue weighted by Crippen LogP contribution is -2.39. The predicted molar refractivity (Wildman–Crippen MR) is 104 cm³/mol. The molecule has 2 N–H and O–H groups in total. The molecule has 2 heterocycles. The third-order valence-electron chi connectivity index (χ3n) is 4.14. The molecule has 0 aliphatic rings. The molecular weight excluding hydrogens is 326 g/mol. The zero-order valence-electron chi connectivity index (χ0n) is 15.3. The molecule has 7 nitrogen and oxygen atoms in total. The van der Waals surface area contributed by atoms with Crippen LogP contribution in [0.5, 0.6) is 0 Å². The third-order valence-corrected chi connectivity index (χ3v) is 4.14. The summed E-state index contributed by atoms with van der Waals surface area (Å²) in [7, 11) is 0. The maximum atomic E-state index is 4.69. The number of pyridine rings is 1. The number of nitrogens with one attached hydrogen (secondary N) is 2. The maximum absolute atomic E-state index is 4.69. The molecule has 0 aliphatic carbocycles. The summed E-state index contributed by atoms with van der Waals surface area (Å²) in [5.41, 5.74) is 0.979. The van der Waals surface area contributed by atoms with Gasteiger partial charge in [-0.05, 0) is 18.4 Å². The number of fused-ring (bicyclic) bond motifs is 1. The summed E-state index contributed by atoms with van der Waals surface area (Å²) >= 11 is 0. The van der Waals surface area contributed by atoms with E-state index in [9.17, 15) is 0 Å². The van der Waals surface area contributed by atoms with Crippen molar-refractivity contribution in [3.05, 3.63) is 54.4 Å². The fourth-order valence-corrected chi connectivity index (χ4v) is 2.84. The zero-order chi connectivity index (χ0) is 18.2. The number of hydrogen-bond donors (Lipinski definition) is 2. The number of aliphatic imine (C=N–C) groups is 1. The van der Waals surface area contributed by atoms with Crippen LogP contribution in [0.15, 0.2) is 47.8 Å². The van der Waals surface area contributed by atoms with Crippen molar-refractivity contribution in [2.75, 3.05) is 13.1 Å². The van der Waals surface area contributed by atoms with E-state index in [-0.39, 0.29) is 0 Å². The van der Waals surface area contributed by atoms with Crippen LogP contribution >= 0.6 is 0 Å². The smallest absolute Gasteiger partial charge is 0.191 e. The molecule has 0 bridgehead atoms. The molecule has 0 radical (unpaired) electrons. The Kier molecular flexibility index (Phi) is 6.14. The van der Waals surface area contributed by atoms with Crippen molar-refractivity contribution in [2.24, 2.45) is 4.99 Å². The fraction of sp³-hybridized carbons (Fsp3) is 0.368. The van der Waals surface area contributed by atoms with Crippen LogP contribution in [0.1, 0.15) is 25.4 Å². The Morgan fingerprint density at radius 1 is 1.15 bits per heavy atom. The van der Waals surface area contributed by atoms with Crippen LogP contribution in [-0.4, -0.2) is 38.8 Å². The first-order valence-electron chi connectivity index (χ1n) is 9.03. The minimum absolute atomic E-state index is 0.531. The maximum Gasteiger partial charge on any atom is 0.191 e. The molecule has 0 saturated heterocycles. The van der Waals surface area contributed by atoms with E-state index in [0.29, 0.717) is 6.54 Å². The Morgan fingerprint density at radius 2 is 2.04 bits per heavy atom. The lowest BCUT2D eigenvalue weighted by Gasteiger charge is -2.12. The minimum Gasteiger partial charge on any atom is -0.357 e. The first-order chi connectivity index (χ1) is 12.8. The van der Waals surface area contributed by atoms with Gasteiger partial charge in [0.2, 0.25) is 0 Å². The van der Waals surface area contributed by atoms with Crippen LogP contribution in [0, 0.1) is 0 Å². The van der Waals surface area contributed by atoms with E-state index in [4.69, 9.17) is 0 Å². The van der Waals surface area contributed by atoms with Crippen molar-refractivity contribution >= 4 is 16.7 Å². The Morgan fingerprint density at radius 3 is 2.88 bits per heavy atom. The van der Waals surface area contributed by atoms with E-state index in [1.165, 1.54) is 5.39 Å². The standard InChI is InChI=1S/C19H25N7/c1-3-18-25-24-14-26(18)12-11-22-19(20-4-2)23-13-17-16-8-6-5-7-15(16)9-10-21-17/h5-10,14H,3-4,11-13H2,1-2H3,(H2,20,22,23). The zero-order valence-corrected chi connectivity index (χ0v) is 15.3. The van der Waals surface area contributed by atoms with E-state index in [1.54, 1.807) is 6.33 Å². The molecule has 3 aromatic rings. The molecule has 0 fully saturated rings. The quantitative estimate of drug-likeness (QED) is 0.504.